The van der Waals surface area contributed by atoms with Gasteiger partial charge in [-0.2, -0.15) is 0 Å². The van der Waals surface area contributed by atoms with Crippen molar-refractivity contribution in [1.29, 1.82) is 0 Å². The molecule has 8 heteroatoms. The standard InChI is InChI=1S/C21H18FN3O2S2/c1-25-20(27)18-13-4-2-3-5-17(13)29-19(18)24-21(25)28-10-12-9-16(26)14-8-11(22)6-7-15(14)23-12/h6-9H,2-5,10H2,1H3,(H,23,26). The van der Waals surface area contributed by atoms with Gasteiger partial charge in [-0.15, -0.1) is 11.3 Å². The monoisotopic (exact) mass is 427 g/mol. The summed E-state index contributed by atoms with van der Waals surface area (Å²) in [6.45, 7) is 0. The summed E-state index contributed by atoms with van der Waals surface area (Å²) in [6, 6.07) is 5.61. The molecule has 0 aliphatic heterocycles. The first-order valence-electron chi connectivity index (χ1n) is 9.47. The number of thiophene rings is 1. The summed E-state index contributed by atoms with van der Waals surface area (Å²) in [5.74, 6) is 0.0238. The number of hydrogen-bond acceptors (Lipinski definition) is 5. The van der Waals surface area contributed by atoms with Crippen LogP contribution in [0, 0.1) is 5.82 Å². The average Bonchev–Trinajstić information content (AvgIpc) is 3.08. The Labute approximate surface area is 173 Å². The van der Waals surface area contributed by atoms with E-state index in [1.807, 2.05) is 0 Å². The number of nitrogens with zero attached hydrogens (tertiary/aromatic N) is 2. The van der Waals surface area contributed by atoms with Gasteiger partial charge in [-0.1, -0.05) is 11.8 Å². The molecule has 5 nitrogen and oxygen atoms in total. The second-order valence-electron chi connectivity index (χ2n) is 7.29. The van der Waals surface area contributed by atoms with Crippen molar-refractivity contribution in [3.05, 3.63) is 66.8 Å². The summed E-state index contributed by atoms with van der Waals surface area (Å²) >= 11 is 3.04. The van der Waals surface area contributed by atoms with E-state index in [-0.39, 0.29) is 11.0 Å². The summed E-state index contributed by atoms with van der Waals surface area (Å²) in [6.07, 6.45) is 4.28. The lowest BCUT2D eigenvalue weighted by Gasteiger charge is -2.11. The number of pyridine rings is 1. The third kappa shape index (κ3) is 3.20. The van der Waals surface area contributed by atoms with Gasteiger partial charge in [0.15, 0.2) is 10.6 Å². The summed E-state index contributed by atoms with van der Waals surface area (Å²) in [5.41, 5.74) is 2.26. The fourth-order valence-electron chi connectivity index (χ4n) is 3.89. The van der Waals surface area contributed by atoms with Crippen molar-refractivity contribution in [1.82, 2.24) is 14.5 Å². The topological polar surface area (TPSA) is 67.8 Å². The quantitative estimate of drug-likeness (QED) is 0.394. The Bertz CT molecular complexity index is 1390. The highest BCUT2D eigenvalue weighted by atomic mass is 32.2. The minimum absolute atomic E-state index is 0.000574. The lowest BCUT2D eigenvalue weighted by Crippen LogP contribution is -2.20. The second-order valence-corrected chi connectivity index (χ2v) is 9.31. The van der Waals surface area contributed by atoms with Gasteiger partial charge >= 0.3 is 0 Å². The molecule has 0 amide bonds. The van der Waals surface area contributed by atoms with Gasteiger partial charge in [-0.05, 0) is 49.4 Å². The molecule has 0 atom stereocenters. The van der Waals surface area contributed by atoms with Crippen LogP contribution in [0.5, 0.6) is 0 Å². The van der Waals surface area contributed by atoms with E-state index >= 15 is 0 Å². The highest BCUT2D eigenvalue weighted by Gasteiger charge is 2.21. The Kier molecular flexibility index (Phi) is 4.55. The molecule has 1 aliphatic rings. The van der Waals surface area contributed by atoms with Crippen molar-refractivity contribution in [3.8, 4) is 0 Å². The van der Waals surface area contributed by atoms with Crippen LogP contribution in [0.2, 0.25) is 0 Å². The van der Waals surface area contributed by atoms with E-state index in [4.69, 9.17) is 4.98 Å². The first kappa shape index (κ1) is 18.6. The van der Waals surface area contributed by atoms with Crippen LogP contribution < -0.4 is 11.0 Å². The minimum Gasteiger partial charge on any atom is -0.357 e. The largest absolute Gasteiger partial charge is 0.357 e. The van der Waals surface area contributed by atoms with Crippen molar-refractivity contribution in [2.75, 3.05) is 0 Å². The van der Waals surface area contributed by atoms with E-state index in [0.29, 0.717) is 27.5 Å². The molecule has 0 radical (unpaired) electrons. The molecule has 4 aromatic rings. The van der Waals surface area contributed by atoms with E-state index in [0.717, 1.165) is 29.5 Å². The minimum atomic E-state index is -0.434. The first-order valence-corrected chi connectivity index (χ1v) is 11.3. The third-order valence-electron chi connectivity index (χ3n) is 5.36. The van der Waals surface area contributed by atoms with Crippen molar-refractivity contribution >= 4 is 44.2 Å². The summed E-state index contributed by atoms with van der Waals surface area (Å²) in [5, 5.41) is 1.73. The number of halogens is 1. The van der Waals surface area contributed by atoms with Crippen LogP contribution in [0.25, 0.3) is 21.1 Å². The van der Waals surface area contributed by atoms with Gasteiger partial charge in [0, 0.05) is 40.3 Å². The predicted molar refractivity (Wildman–Crippen MR) is 116 cm³/mol. The van der Waals surface area contributed by atoms with Gasteiger partial charge in [-0.3, -0.25) is 14.2 Å². The van der Waals surface area contributed by atoms with Crippen molar-refractivity contribution in [2.24, 2.45) is 7.05 Å². The van der Waals surface area contributed by atoms with Gasteiger partial charge in [0.25, 0.3) is 5.56 Å². The molecule has 148 valence electrons. The number of rotatable bonds is 3. The van der Waals surface area contributed by atoms with E-state index in [1.165, 1.54) is 46.8 Å². The van der Waals surface area contributed by atoms with Crippen LogP contribution in [-0.2, 0) is 25.6 Å². The number of nitrogens with one attached hydrogen (secondary N) is 1. The van der Waals surface area contributed by atoms with Crippen molar-refractivity contribution < 1.29 is 4.39 Å². The van der Waals surface area contributed by atoms with E-state index in [9.17, 15) is 14.0 Å². The first-order chi connectivity index (χ1) is 14.0. The molecule has 0 bridgehead atoms. The molecular formula is C21H18FN3O2S2. The van der Waals surface area contributed by atoms with Crippen LogP contribution in [-0.4, -0.2) is 14.5 Å². The number of thioether (sulfide) groups is 1. The summed E-state index contributed by atoms with van der Waals surface area (Å²) in [7, 11) is 1.75. The number of aromatic amines is 1. The zero-order valence-corrected chi connectivity index (χ0v) is 17.4. The maximum absolute atomic E-state index is 13.4. The van der Waals surface area contributed by atoms with Crippen LogP contribution >= 0.6 is 23.1 Å². The molecule has 29 heavy (non-hydrogen) atoms. The normalized spacial score (nSPS) is 13.9. The Morgan fingerprint density at radius 1 is 1.24 bits per heavy atom. The molecular weight excluding hydrogens is 409 g/mol. The van der Waals surface area contributed by atoms with Crippen molar-refractivity contribution in [2.45, 2.75) is 36.6 Å². The number of hydrogen-bond donors (Lipinski definition) is 1. The molecule has 1 N–H and O–H groups in total. The van der Waals surface area contributed by atoms with Crippen LogP contribution in [0.4, 0.5) is 4.39 Å². The zero-order chi connectivity index (χ0) is 20.1. The molecule has 0 spiro atoms. The molecule has 0 unspecified atom stereocenters. The van der Waals surface area contributed by atoms with Gasteiger partial charge in [0.1, 0.15) is 10.6 Å². The number of aryl methyl sites for hydroxylation is 2. The molecule has 1 aromatic carbocycles. The Morgan fingerprint density at radius 3 is 2.93 bits per heavy atom. The van der Waals surface area contributed by atoms with E-state index in [1.54, 1.807) is 29.0 Å². The molecule has 0 saturated carbocycles. The number of benzene rings is 1. The van der Waals surface area contributed by atoms with Gasteiger partial charge in [0.2, 0.25) is 0 Å². The Hall–Kier alpha value is -2.45. The lowest BCUT2D eigenvalue weighted by atomic mass is 9.97. The van der Waals surface area contributed by atoms with Crippen molar-refractivity contribution in [3.63, 3.8) is 0 Å². The third-order valence-corrected chi connectivity index (χ3v) is 7.62. The van der Waals surface area contributed by atoms with Crippen LogP contribution in [0.1, 0.15) is 29.0 Å². The SMILES string of the molecule is Cn1c(SCc2cc(=O)c3cc(F)ccc3[nH]2)nc2sc3c(c2c1=O)CCCC3. The average molecular weight is 428 g/mol. The highest BCUT2D eigenvalue weighted by molar-refractivity contribution is 7.98. The van der Waals surface area contributed by atoms with Gasteiger partial charge in [-0.25, -0.2) is 9.37 Å². The van der Waals surface area contributed by atoms with Crippen LogP contribution in [0.15, 0.2) is 39.0 Å². The maximum Gasteiger partial charge on any atom is 0.262 e. The van der Waals surface area contributed by atoms with E-state index in [2.05, 4.69) is 4.98 Å². The molecule has 5 rings (SSSR count). The molecule has 0 fully saturated rings. The highest BCUT2D eigenvalue weighted by Crippen LogP contribution is 2.34. The smallest absolute Gasteiger partial charge is 0.262 e. The van der Waals surface area contributed by atoms with Gasteiger partial charge in [0.05, 0.1) is 5.39 Å². The fourth-order valence-corrected chi connectivity index (χ4v) is 6.07. The zero-order valence-electron chi connectivity index (χ0n) is 15.8. The maximum atomic E-state index is 13.4. The number of H-pyrrole nitrogens is 1. The number of fused-ring (bicyclic) bond motifs is 4. The molecule has 3 heterocycles. The van der Waals surface area contributed by atoms with Crippen LogP contribution in [0.3, 0.4) is 0 Å². The molecule has 3 aromatic heterocycles. The summed E-state index contributed by atoms with van der Waals surface area (Å²) < 4.78 is 15.0. The summed E-state index contributed by atoms with van der Waals surface area (Å²) in [4.78, 5) is 35.3. The fraction of sp³-hybridized carbons (Fsp3) is 0.286. The Balaban J connectivity index is 1.50. The molecule has 1 aliphatic carbocycles. The second kappa shape index (κ2) is 7.11. The molecule has 0 saturated heterocycles. The van der Waals surface area contributed by atoms with E-state index < -0.39 is 5.82 Å². The lowest BCUT2D eigenvalue weighted by molar-refractivity contribution is 0.629. The van der Waals surface area contributed by atoms with Gasteiger partial charge < -0.3 is 4.98 Å². The Morgan fingerprint density at radius 2 is 2.07 bits per heavy atom. The number of aromatic nitrogens is 3. The predicted octanol–water partition coefficient (Wildman–Crippen LogP) is 4.15.